The molecule has 0 saturated carbocycles. The SMILES string of the molecule is CN(CC1CCCN1)C(=O)c1ccc2ccccc2n1. The number of hydrogen-bond acceptors (Lipinski definition) is 3. The Kier molecular flexibility index (Phi) is 3.65. The third-order valence-electron chi connectivity index (χ3n) is 3.82. The van der Waals surface area contributed by atoms with Crippen LogP contribution in [0.1, 0.15) is 23.3 Å². The maximum atomic E-state index is 12.4. The second kappa shape index (κ2) is 5.59. The Bertz CT molecular complexity index is 620. The summed E-state index contributed by atoms with van der Waals surface area (Å²) in [5.41, 5.74) is 1.38. The van der Waals surface area contributed by atoms with Gasteiger partial charge in [0.2, 0.25) is 0 Å². The van der Waals surface area contributed by atoms with Crippen LogP contribution in [0.15, 0.2) is 36.4 Å². The number of para-hydroxylation sites is 1. The second-order valence-electron chi connectivity index (χ2n) is 5.37. The number of hydrogen-bond donors (Lipinski definition) is 1. The molecule has 1 saturated heterocycles. The third-order valence-corrected chi connectivity index (χ3v) is 3.82. The molecule has 1 aliphatic heterocycles. The van der Waals surface area contributed by atoms with E-state index in [4.69, 9.17) is 0 Å². The first-order chi connectivity index (χ1) is 9.74. The minimum atomic E-state index is -0.00977. The van der Waals surface area contributed by atoms with Crippen molar-refractivity contribution in [2.75, 3.05) is 20.1 Å². The average Bonchev–Trinajstić information content (AvgIpc) is 2.99. The molecule has 1 aromatic heterocycles. The summed E-state index contributed by atoms with van der Waals surface area (Å²) < 4.78 is 0. The van der Waals surface area contributed by atoms with Gasteiger partial charge in [0.05, 0.1) is 5.52 Å². The van der Waals surface area contributed by atoms with Crippen molar-refractivity contribution in [2.24, 2.45) is 0 Å². The quantitative estimate of drug-likeness (QED) is 0.927. The molecule has 1 aliphatic rings. The van der Waals surface area contributed by atoms with Crippen LogP contribution < -0.4 is 5.32 Å². The zero-order valence-corrected chi connectivity index (χ0v) is 11.7. The van der Waals surface area contributed by atoms with Gasteiger partial charge in [-0.3, -0.25) is 4.79 Å². The maximum absolute atomic E-state index is 12.4. The largest absolute Gasteiger partial charge is 0.339 e. The van der Waals surface area contributed by atoms with Crippen molar-refractivity contribution in [3.8, 4) is 0 Å². The van der Waals surface area contributed by atoms with Crippen LogP contribution in [0.25, 0.3) is 10.9 Å². The molecule has 0 spiro atoms. The summed E-state index contributed by atoms with van der Waals surface area (Å²) in [5, 5.41) is 4.47. The van der Waals surface area contributed by atoms with Gasteiger partial charge in [-0.2, -0.15) is 0 Å². The number of carbonyl (C=O) groups excluding carboxylic acids is 1. The predicted octanol–water partition coefficient (Wildman–Crippen LogP) is 2.06. The molecule has 3 rings (SSSR count). The van der Waals surface area contributed by atoms with Crippen LogP contribution in [0, 0.1) is 0 Å². The van der Waals surface area contributed by atoms with E-state index in [0.29, 0.717) is 11.7 Å². The minimum Gasteiger partial charge on any atom is -0.339 e. The van der Waals surface area contributed by atoms with E-state index in [1.807, 2.05) is 43.4 Å². The molecular formula is C16H19N3O. The fourth-order valence-corrected chi connectivity index (χ4v) is 2.71. The summed E-state index contributed by atoms with van der Waals surface area (Å²) in [4.78, 5) is 18.6. The molecule has 1 amide bonds. The highest BCUT2D eigenvalue weighted by molar-refractivity contribution is 5.94. The van der Waals surface area contributed by atoms with E-state index in [9.17, 15) is 4.79 Å². The van der Waals surface area contributed by atoms with Crippen molar-refractivity contribution in [3.63, 3.8) is 0 Å². The lowest BCUT2D eigenvalue weighted by molar-refractivity contribution is 0.0778. The summed E-state index contributed by atoms with van der Waals surface area (Å²) in [6, 6.07) is 12.0. The zero-order chi connectivity index (χ0) is 13.9. The molecule has 104 valence electrons. The Morgan fingerprint density at radius 1 is 1.35 bits per heavy atom. The number of aromatic nitrogens is 1. The van der Waals surface area contributed by atoms with E-state index in [0.717, 1.165) is 30.4 Å². The number of carbonyl (C=O) groups is 1. The molecule has 1 N–H and O–H groups in total. The first kappa shape index (κ1) is 13.1. The van der Waals surface area contributed by atoms with Gasteiger partial charge in [-0.15, -0.1) is 0 Å². The van der Waals surface area contributed by atoms with Gasteiger partial charge in [0.25, 0.3) is 5.91 Å². The summed E-state index contributed by atoms with van der Waals surface area (Å²) in [6.07, 6.45) is 2.34. The van der Waals surface area contributed by atoms with Gasteiger partial charge in [0, 0.05) is 25.0 Å². The van der Waals surface area contributed by atoms with Crippen LogP contribution in [0.2, 0.25) is 0 Å². The van der Waals surface area contributed by atoms with Gasteiger partial charge >= 0.3 is 0 Å². The molecule has 1 unspecified atom stereocenters. The first-order valence-electron chi connectivity index (χ1n) is 7.09. The first-order valence-corrected chi connectivity index (χ1v) is 7.09. The monoisotopic (exact) mass is 269 g/mol. The van der Waals surface area contributed by atoms with Crippen LogP contribution >= 0.6 is 0 Å². The summed E-state index contributed by atoms with van der Waals surface area (Å²) in [7, 11) is 1.85. The summed E-state index contributed by atoms with van der Waals surface area (Å²) >= 11 is 0. The molecule has 0 radical (unpaired) electrons. The molecule has 2 aromatic rings. The Morgan fingerprint density at radius 2 is 2.20 bits per heavy atom. The maximum Gasteiger partial charge on any atom is 0.272 e. The van der Waals surface area contributed by atoms with Gasteiger partial charge in [-0.05, 0) is 31.5 Å². The number of nitrogens with one attached hydrogen (secondary N) is 1. The molecular weight excluding hydrogens is 250 g/mol. The summed E-state index contributed by atoms with van der Waals surface area (Å²) in [6.45, 7) is 1.80. The second-order valence-corrected chi connectivity index (χ2v) is 5.37. The minimum absolute atomic E-state index is 0.00977. The highest BCUT2D eigenvalue weighted by Crippen LogP contribution is 2.13. The van der Waals surface area contributed by atoms with Gasteiger partial charge in [-0.1, -0.05) is 24.3 Å². The molecule has 20 heavy (non-hydrogen) atoms. The van der Waals surface area contributed by atoms with E-state index in [1.54, 1.807) is 4.90 Å². The van der Waals surface area contributed by atoms with E-state index >= 15 is 0 Å². The molecule has 1 aromatic carbocycles. The number of rotatable bonds is 3. The van der Waals surface area contributed by atoms with Crippen molar-refractivity contribution >= 4 is 16.8 Å². The van der Waals surface area contributed by atoms with Crippen LogP contribution in [0.5, 0.6) is 0 Å². The van der Waals surface area contributed by atoms with Crippen molar-refractivity contribution in [3.05, 3.63) is 42.1 Å². The normalized spacial score (nSPS) is 18.4. The van der Waals surface area contributed by atoms with Crippen molar-refractivity contribution < 1.29 is 4.79 Å². The average molecular weight is 269 g/mol. The zero-order valence-electron chi connectivity index (χ0n) is 11.7. The predicted molar refractivity (Wildman–Crippen MR) is 79.7 cm³/mol. The molecule has 0 aliphatic carbocycles. The van der Waals surface area contributed by atoms with Crippen molar-refractivity contribution in [2.45, 2.75) is 18.9 Å². The van der Waals surface area contributed by atoms with Gasteiger partial charge < -0.3 is 10.2 Å². The standard InChI is InChI=1S/C16H19N3O/c1-19(11-13-6-4-10-17-13)16(20)15-9-8-12-5-2-3-7-14(12)18-15/h2-3,5,7-9,13,17H,4,6,10-11H2,1H3. The number of pyridine rings is 1. The number of fused-ring (bicyclic) bond motifs is 1. The fourth-order valence-electron chi connectivity index (χ4n) is 2.71. The Hall–Kier alpha value is -1.94. The molecule has 4 heteroatoms. The lowest BCUT2D eigenvalue weighted by atomic mass is 10.2. The number of nitrogens with zero attached hydrogens (tertiary/aromatic N) is 2. The van der Waals surface area contributed by atoms with E-state index in [-0.39, 0.29) is 5.91 Å². The highest BCUT2D eigenvalue weighted by Gasteiger charge is 2.20. The van der Waals surface area contributed by atoms with Crippen LogP contribution in [0.3, 0.4) is 0 Å². The van der Waals surface area contributed by atoms with E-state index < -0.39 is 0 Å². The van der Waals surface area contributed by atoms with Gasteiger partial charge in [0.15, 0.2) is 0 Å². The van der Waals surface area contributed by atoms with Crippen LogP contribution in [0.4, 0.5) is 0 Å². The number of amides is 1. The highest BCUT2D eigenvalue weighted by atomic mass is 16.2. The molecule has 0 bridgehead atoms. The van der Waals surface area contributed by atoms with E-state index in [1.165, 1.54) is 6.42 Å². The molecule has 1 atom stereocenters. The third kappa shape index (κ3) is 2.65. The Labute approximate surface area is 118 Å². The lowest BCUT2D eigenvalue weighted by Crippen LogP contribution is -2.38. The summed E-state index contributed by atoms with van der Waals surface area (Å²) in [5.74, 6) is -0.00977. The molecule has 1 fully saturated rings. The number of likely N-dealkylation sites (N-methyl/N-ethyl adjacent to an activating group) is 1. The molecule has 4 nitrogen and oxygen atoms in total. The van der Waals surface area contributed by atoms with Crippen LogP contribution in [-0.2, 0) is 0 Å². The topological polar surface area (TPSA) is 45.2 Å². The van der Waals surface area contributed by atoms with Gasteiger partial charge in [0.1, 0.15) is 5.69 Å². The number of benzene rings is 1. The van der Waals surface area contributed by atoms with E-state index in [2.05, 4.69) is 10.3 Å². The molecule has 2 heterocycles. The van der Waals surface area contributed by atoms with Crippen molar-refractivity contribution in [1.29, 1.82) is 0 Å². The smallest absolute Gasteiger partial charge is 0.272 e. The fraction of sp³-hybridized carbons (Fsp3) is 0.375. The van der Waals surface area contributed by atoms with Crippen LogP contribution in [-0.4, -0.2) is 42.0 Å². The Morgan fingerprint density at radius 3 is 3.00 bits per heavy atom. The Balaban J connectivity index is 1.77. The lowest BCUT2D eigenvalue weighted by Gasteiger charge is -2.21. The van der Waals surface area contributed by atoms with Gasteiger partial charge in [-0.25, -0.2) is 4.98 Å². The van der Waals surface area contributed by atoms with Crippen molar-refractivity contribution in [1.82, 2.24) is 15.2 Å².